The van der Waals surface area contributed by atoms with Crippen LogP contribution in [0.25, 0.3) is 0 Å². The van der Waals surface area contributed by atoms with Gasteiger partial charge in [0.25, 0.3) is 5.91 Å². The van der Waals surface area contributed by atoms with Gasteiger partial charge in [-0.1, -0.05) is 30.1 Å². The molecular weight excluding hydrogens is 700 g/mol. The summed E-state index contributed by atoms with van der Waals surface area (Å²) >= 11 is 12.5. The summed E-state index contributed by atoms with van der Waals surface area (Å²) in [7, 11) is 0. The first kappa shape index (κ1) is 38.4. The van der Waals surface area contributed by atoms with Crippen LogP contribution < -0.4 is 5.01 Å². The lowest BCUT2D eigenvalue weighted by Crippen LogP contribution is -2.50. The molecule has 9 nitrogen and oxygen atoms in total. The SMILES string of the molecule is CCN1C2N=C(C(F)(F)F)N=C(C(F)(F)F)C2=C(N(C(=O)COC(C)(C)C)C(=O)OC(C)(C)C)N1c1c(Cl)cc(C(F)(F)F)cc1Cl. The van der Waals surface area contributed by atoms with Crippen molar-refractivity contribution in [2.45, 2.75) is 84.4 Å². The monoisotopic (exact) mass is 727 g/mol. The minimum Gasteiger partial charge on any atom is -0.443 e. The molecule has 0 aliphatic carbocycles. The van der Waals surface area contributed by atoms with E-state index in [1.165, 1.54) is 48.5 Å². The summed E-state index contributed by atoms with van der Waals surface area (Å²) in [6, 6.07) is 0.707. The number of halogens is 11. The molecule has 1 aromatic rings. The third-order valence-electron chi connectivity index (χ3n) is 6.02. The van der Waals surface area contributed by atoms with E-state index in [-0.39, 0.29) is 4.90 Å². The first-order valence-electron chi connectivity index (χ1n) is 13.5. The largest absolute Gasteiger partial charge is 0.451 e. The van der Waals surface area contributed by atoms with Gasteiger partial charge >= 0.3 is 24.6 Å². The number of benzene rings is 1. The van der Waals surface area contributed by atoms with E-state index < -0.39 is 105 Å². The van der Waals surface area contributed by atoms with Crippen LogP contribution in [-0.2, 0) is 20.4 Å². The maximum absolute atomic E-state index is 14.6. The number of carbonyl (C=O) groups is 2. The number of hydrogen-bond donors (Lipinski definition) is 0. The molecular formula is C27H28Cl2F9N5O4. The summed E-state index contributed by atoms with van der Waals surface area (Å²) < 4.78 is 137. The molecule has 47 heavy (non-hydrogen) atoms. The van der Waals surface area contributed by atoms with Crippen LogP contribution in [-0.4, -0.2) is 76.3 Å². The molecule has 262 valence electrons. The Balaban J connectivity index is 2.54. The average molecular weight is 728 g/mol. The van der Waals surface area contributed by atoms with Gasteiger partial charge in [0, 0.05) is 6.54 Å². The molecule has 1 unspecified atom stereocenters. The van der Waals surface area contributed by atoms with E-state index in [9.17, 15) is 49.1 Å². The zero-order valence-corrected chi connectivity index (χ0v) is 27.2. The number of carbonyl (C=O) groups excluding carboxylic acids is 2. The molecule has 2 amide bonds. The van der Waals surface area contributed by atoms with Gasteiger partial charge in [-0.25, -0.2) is 14.8 Å². The lowest BCUT2D eigenvalue weighted by atomic mass is 10.1. The Kier molecular flexibility index (Phi) is 10.4. The van der Waals surface area contributed by atoms with E-state index >= 15 is 0 Å². The van der Waals surface area contributed by atoms with E-state index in [4.69, 9.17) is 32.7 Å². The fraction of sp³-hybridized carbons (Fsp3) is 0.556. The lowest BCUT2D eigenvalue weighted by molar-refractivity contribution is -0.138. The minimum atomic E-state index is -5.67. The van der Waals surface area contributed by atoms with Crippen molar-refractivity contribution in [3.8, 4) is 0 Å². The van der Waals surface area contributed by atoms with Crippen molar-refractivity contribution in [1.82, 2.24) is 9.91 Å². The number of anilines is 1. The number of hydrogen-bond acceptors (Lipinski definition) is 8. The molecule has 0 spiro atoms. The Hall–Kier alpha value is -3.09. The molecule has 0 saturated carbocycles. The zero-order chi connectivity index (χ0) is 36.2. The van der Waals surface area contributed by atoms with Crippen molar-refractivity contribution in [3.05, 3.63) is 39.1 Å². The van der Waals surface area contributed by atoms with Gasteiger partial charge in [-0.15, -0.1) is 0 Å². The van der Waals surface area contributed by atoms with E-state index in [1.807, 2.05) is 0 Å². The molecule has 3 rings (SSSR count). The van der Waals surface area contributed by atoms with Crippen molar-refractivity contribution >= 4 is 52.4 Å². The maximum atomic E-state index is 14.6. The number of alkyl halides is 9. The van der Waals surface area contributed by atoms with E-state index in [1.54, 1.807) is 0 Å². The highest BCUT2D eigenvalue weighted by Crippen LogP contribution is 2.48. The molecule has 1 aromatic carbocycles. The van der Waals surface area contributed by atoms with Gasteiger partial charge < -0.3 is 9.47 Å². The molecule has 1 atom stereocenters. The van der Waals surface area contributed by atoms with Crippen LogP contribution in [0.15, 0.2) is 33.5 Å². The highest BCUT2D eigenvalue weighted by molar-refractivity contribution is 6.39. The second-order valence-electron chi connectivity index (χ2n) is 12.0. The first-order valence-corrected chi connectivity index (χ1v) is 14.2. The maximum Gasteiger partial charge on any atom is 0.451 e. The summed E-state index contributed by atoms with van der Waals surface area (Å²) in [6.45, 7) is 8.26. The van der Waals surface area contributed by atoms with Gasteiger partial charge in [0.1, 0.15) is 18.0 Å². The molecule has 2 heterocycles. The number of rotatable bonds is 5. The van der Waals surface area contributed by atoms with Gasteiger partial charge in [0.2, 0.25) is 5.84 Å². The second kappa shape index (κ2) is 12.7. The summed E-state index contributed by atoms with van der Waals surface area (Å²) in [6.07, 6.45) is -20.1. The molecule has 0 fully saturated rings. The first-order chi connectivity index (χ1) is 21.1. The average Bonchev–Trinajstić information content (AvgIpc) is 3.17. The normalized spacial score (nSPS) is 18.3. The number of amidine groups is 1. The van der Waals surface area contributed by atoms with Gasteiger partial charge in [-0.3, -0.25) is 9.80 Å². The van der Waals surface area contributed by atoms with Gasteiger partial charge in [-0.05, 0) is 53.7 Å². The minimum absolute atomic E-state index is 0.0503. The lowest BCUT2D eigenvalue weighted by Gasteiger charge is -2.37. The standard InChI is InChI=1S/C27H28Cl2F9N5O4/c1-8-41-19-16(18(26(33,34)35)39-21(40-19)27(36,37)38)20(43(41)17-13(28)9-12(10-14(17)29)25(30,31)32)42(22(45)47-24(5,6)7)15(44)11-46-23(2,3)4/h9-10,19H,8,11H2,1-7H3. The molecule has 0 aromatic heterocycles. The Bertz CT molecular complexity index is 1500. The zero-order valence-electron chi connectivity index (χ0n) is 25.7. The number of imide groups is 1. The topological polar surface area (TPSA) is 87.0 Å². The molecule has 0 radical (unpaired) electrons. The fourth-order valence-corrected chi connectivity index (χ4v) is 4.93. The number of amides is 2. The second-order valence-corrected chi connectivity index (χ2v) is 12.8. The number of ether oxygens (including phenoxy) is 2. The van der Waals surface area contributed by atoms with Crippen molar-refractivity contribution in [3.63, 3.8) is 0 Å². The van der Waals surface area contributed by atoms with Crippen LogP contribution in [0.4, 0.5) is 50.0 Å². The Morgan fingerprint density at radius 1 is 0.872 bits per heavy atom. The van der Waals surface area contributed by atoms with Crippen molar-refractivity contribution in [2.24, 2.45) is 9.98 Å². The smallest absolute Gasteiger partial charge is 0.443 e. The molecule has 0 saturated heterocycles. The van der Waals surface area contributed by atoms with Crippen molar-refractivity contribution in [2.75, 3.05) is 18.2 Å². The van der Waals surface area contributed by atoms with Crippen LogP contribution in [0.3, 0.4) is 0 Å². The van der Waals surface area contributed by atoms with E-state index in [0.29, 0.717) is 22.2 Å². The van der Waals surface area contributed by atoms with Crippen molar-refractivity contribution < 1.29 is 58.6 Å². The van der Waals surface area contributed by atoms with E-state index in [2.05, 4.69) is 9.98 Å². The highest BCUT2D eigenvalue weighted by atomic mass is 35.5. The summed E-state index contributed by atoms with van der Waals surface area (Å²) in [5, 5.41) is -0.526. The summed E-state index contributed by atoms with van der Waals surface area (Å²) in [5.74, 6) is -4.75. The van der Waals surface area contributed by atoms with Crippen LogP contribution >= 0.6 is 23.2 Å². The predicted molar refractivity (Wildman–Crippen MR) is 153 cm³/mol. The Morgan fingerprint density at radius 2 is 1.40 bits per heavy atom. The number of aliphatic imine (C=N–C) groups is 2. The molecule has 0 bridgehead atoms. The summed E-state index contributed by atoms with van der Waals surface area (Å²) in [4.78, 5) is 33.6. The van der Waals surface area contributed by atoms with Crippen molar-refractivity contribution in [1.29, 1.82) is 0 Å². The van der Waals surface area contributed by atoms with Gasteiger partial charge in [0.05, 0.1) is 32.5 Å². The van der Waals surface area contributed by atoms with Gasteiger partial charge in [0.15, 0.2) is 11.9 Å². The Morgan fingerprint density at radius 3 is 1.81 bits per heavy atom. The molecule has 20 heteroatoms. The third kappa shape index (κ3) is 8.50. The van der Waals surface area contributed by atoms with Crippen LogP contribution in [0.5, 0.6) is 0 Å². The quantitative estimate of drug-likeness (QED) is 0.285. The predicted octanol–water partition coefficient (Wildman–Crippen LogP) is 8.16. The number of likely N-dealkylation sites (N-methyl/N-ethyl adjacent to an activating group) is 1. The van der Waals surface area contributed by atoms with Crippen LogP contribution in [0.1, 0.15) is 54.0 Å². The molecule has 2 aliphatic heterocycles. The third-order valence-corrected chi connectivity index (χ3v) is 6.60. The van der Waals surface area contributed by atoms with Crippen LogP contribution in [0.2, 0.25) is 10.0 Å². The molecule has 0 N–H and O–H groups in total. The number of nitrogens with zero attached hydrogens (tertiary/aromatic N) is 5. The summed E-state index contributed by atoms with van der Waals surface area (Å²) in [5.41, 5.74) is -8.05. The van der Waals surface area contributed by atoms with Crippen LogP contribution in [0, 0.1) is 0 Å². The Labute approximate surface area is 272 Å². The molecule has 2 aliphatic rings. The highest BCUT2D eigenvalue weighted by Gasteiger charge is 2.57. The number of hydrazine groups is 1. The fourth-order valence-electron chi connectivity index (χ4n) is 4.28. The van der Waals surface area contributed by atoms with Gasteiger partial charge in [-0.2, -0.15) is 49.4 Å². The number of fused-ring (bicyclic) bond motifs is 1. The van der Waals surface area contributed by atoms with E-state index in [0.717, 1.165) is 0 Å².